The van der Waals surface area contributed by atoms with Gasteiger partial charge in [0.15, 0.2) is 5.69 Å². The van der Waals surface area contributed by atoms with Crippen LogP contribution in [0.15, 0.2) is 53.3 Å². The van der Waals surface area contributed by atoms with Crippen LogP contribution in [-0.2, 0) is 0 Å². The highest BCUT2D eigenvalue weighted by molar-refractivity contribution is 6.04. The van der Waals surface area contributed by atoms with Gasteiger partial charge in [-0.05, 0) is 37.1 Å². The number of amides is 2. The first-order chi connectivity index (χ1) is 14.5. The number of piperidine rings is 1. The van der Waals surface area contributed by atoms with Gasteiger partial charge in [0.05, 0.1) is 0 Å². The Bertz CT molecular complexity index is 1080. The second-order valence-corrected chi connectivity index (χ2v) is 7.28. The highest BCUT2D eigenvalue weighted by Crippen LogP contribution is 2.28. The maximum atomic E-state index is 12.7. The number of aromatic nitrogens is 4. The van der Waals surface area contributed by atoms with Crippen LogP contribution in [0.5, 0.6) is 0 Å². The topological polar surface area (TPSA) is 115 Å². The summed E-state index contributed by atoms with van der Waals surface area (Å²) in [5, 5.41) is 13.3. The average Bonchev–Trinajstić information content (AvgIpc) is 3.29. The molecule has 154 valence electrons. The SMILES string of the molecule is CN(C(=O)c1cc(C2CCN(C(=O)c3ccc(=O)[nH]n3)CC2)[nH]n1)c1ccccc1. The predicted molar refractivity (Wildman–Crippen MR) is 110 cm³/mol. The molecule has 2 amide bonds. The third kappa shape index (κ3) is 4.00. The van der Waals surface area contributed by atoms with Crippen molar-refractivity contribution >= 4 is 17.5 Å². The molecule has 30 heavy (non-hydrogen) atoms. The minimum Gasteiger partial charge on any atom is -0.337 e. The van der Waals surface area contributed by atoms with Gasteiger partial charge in [0.25, 0.3) is 17.4 Å². The Labute approximate surface area is 172 Å². The lowest BCUT2D eigenvalue weighted by Crippen LogP contribution is -2.38. The molecule has 9 heteroatoms. The zero-order valence-electron chi connectivity index (χ0n) is 16.5. The molecule has 0 unspecified atom stereocenters. The molecule has 0 radical (unpaired) electrons. The first-order valence-corrected chi connectivity index (χ1v) is 9.76. The number of anilines is 1. The first kappa shape index (κ1) is 19.6. The normalized spacial score (nSPS) is 14.5. The van der Waals surface area contributed by atoms with Gasteiger partial charge in [-0.1, -0.05) is 18.2 Å². The lowest BCUT2D eigenvalue weighted by molar-refractivity contribution is 0.0704. The summed E-state index contributed by atoms with van der Waals surface area (Å²) in [5.74, 6) is -0.191. The number of hydrogen-bond donors (Lipinski definition) is 2. The van der Waals surface area contributed by atoms with Crippen LogP contribution >= 0.6 is 0 Å². The second kappa shape index (κ2) is 8.32. The number of benzene rings is 1. The quantitative estimate of drug-likeness (QED) is 0.685. The molecule has 0 aliphatic carbocycles. The van der Waals surface area contributed by atoms with Crippen molar-refractivity contribution in [2.24, 2.45) is 0 Å². The van der Waals surface area contributed by atoms with Crippen LogP contribution < -0.4 is 10.5 Å². The standard InChI is InChI=1S/C21H22N6O3/c1-26(15-5-3-2-4-6-15)20(29)18-13-17(23-24-18)14-9-11-27(12-10-14)21(30)16-7-8-19(28)25-22-16/h2-8,13-14H,9-12H2,1H3,(H,23,24)(H,25,28). The Kier molecular flexibility index (Phi) is 5.42. The fourth-order valence-electron chi connectivity index (χ4n) is 3.62. The van der Waals surface area contributed by atoms with Gasteiger partial charge in [-0.15, -0.1) is 0 Å². The van der Waals surface area contributed by atoms with Crippen LogP contribution in [0.1, 0.15) is 45.4 Å². The summed E-state index contributed by atoms with van der Waals surface area (Å²) in [7, 11) is 1.72. The molecule has 9 nitrogen and oxygen atoms in total. The number of rotatable bonds is 4. The smallest absolute Gasteiger partial charge is 0.278 e. The summed E-state index contributed by atoms with van der Waals surface area (Å²) >= 11 is 0. The Morgan fingerprint density at radius 2 is 1.70 bits per heavy atom. The third-order valence-electron chi connectivity index (χ3n) is 5.39. The van der Waals surface area contributed by atoms with Crippen LogP contribution in [0.2, 0.25) is 0 Å². The highest BCUT2D eigenvalue weighted by atomic mass is 16.2. The molecule has 0 atom stereocenters. The number of carbonyl (C=O) groups is 2. The summed E-state index contributed by atoms with van der Waals surface area (Å²) in [6, 6.07) is 13.9. The van der Waals surface area contributed by atoms with E-state index < -0.39 is 0 Å². The van der Waals surface area contributed by atoms with Crippen molar-refractivity contribution in [3.8, 4) is 0 Å². The van der Waals surface area contributed by atoms with E-state index in [0.29, 0.717) is 18.8 Å². The fraction of sp³-hybridized carbons (Fsp3) is 0.286. The minimum atomic E-state index is -0.340. The zero-order valence-corrected chi connectivity index (χ0v) is 16.5. The third-order valence-corrected chi connectivity index (χ3v) is 5.39. The van der Waals surface area contributed by atoms with Crippen LogP contribution in [0, 0.1) is 0 Å². The molecule has 0 spiro atoms. The number of H-pyrrole nitrogens is 2. The predicted octanol–water partition coefficient (Wildman–Crippen LogP) is 1.79. The number of carbonyl (C=O) groups excluding carboxylic acids is 2. The van der Waals surface area contributed by atoms with Crippen LogP contribution in [0.4, 0.5) is 5.69 Å². The number of nitrogens with one attached hydrogen (secondary N) is 2. The van der Waals surface area contributed by atoms with Crippen molar-refractivity contribution in [3.63, 3.8) is 0 Å². The van der Waals surface area contributed by atoms with Gasteiger partial charge >= 0.3 is 0 Å². The van der Waals surface area contributed by atoms with Gasteiger partial charge in [-0.25, -0.2) is 5.10 Å². The Balaban J connectivity index is 1.38. The molecule has 1 aliphatic rings. The molecule has 0 saturated carbocycles. The number of hydrogen-bond acceptors (Lipinski definition) is 5. The molecule has 3 heterocycles. The molecular weight excluding hydrogens is 384 g/mol. The number of nitrogens with zero attached hydrogens (tertiary/aromatic N) is 4. The van der Waals surface area contributed by atoms with Gasteiger partial charge in [0.1, 0.15) is 5.69 Å². The highest BCUT2D eigenvalue weighted by Gasteiger charge is 2.27. The van der Waals surface area contributed by atoms with Crippen molar-refractivity contribution < 1.29 is 9.59 Å². The number of para-hydroxylation sites is 1. The van der Waals surface area contributed by atoms with Gasteiger partial charge in [0, 0.05) is 43.5 Å². The van der Waals surface area contributed by atoms with E-state index >= 15 is 0 Å². The summed E-state index contributed by atoms with van der Waals surface area (Å²) in [4.78, 5) is 39.7. The largest absolute Gasteiger partial charge is 0.337 e. The molecule has 1 aromatic carbocycles. The maximum Gasteiger partial charge on any atom is 0.278 e. The molecule has 1 fully saturated rings. The van der Waals surface area contributed by atoms with E-state index in [4.69, 9.17) is 0 Å². The number of likely N-dealkylation sites (tertiary alicyclic amines) is 1. The van der Waals surface area contributed by atoms with E-state index in [1.165, 1.54) is 12.1 Å². The Morgan fingerprint density at radius 1 is 1.00 bits per heavy atom. The maximum absolute atomic E-state index is 12.7. The van der Waals surface area contributed by atoms with E-state index in [1.54, 1.807) is 22.9 Å². The van der Waals surface area contributed by atoms with Gasteiger partial charge < -0.3 is 9.80 Å². The van der Waals surface area contributed by atoms with Gasteiger partial charge in [-0.2, -0.15) is 10.2 Å². The van der Waals surface area contributed by atoms with Gasteiger partial charge in [0.2, 0.25) is 0 Å². The molecule has 3 aromatic rings. The van der Waals surface area contributed by atoms with E-state index in [-0.39, 0.29) is 29.0 Å². The average molecular weight is 406 g/mol. The Morgan fingerprint density at radius 3 is 2.37 bits per heavy atom. The molecular formula is C21H22N6O3. The van der Waals surface area contributed by atoms with Crippen molar-refractivity contribution in [3.05, 3.63) is 76.0 Å². The summed E-state index contributed by atoms with van der Waals surface area (Å²) in [6.45, 7) is 1.13. The number of aromatic amines is 2. The summed E-state index contributed by atoms with van der Waals surface area (Å²) in [6.07, 6.45) is 1.50. The summed E-state index contributed by atoms with van der Waals surface area (Å²) < 4.78 is 0. The fourth-order valence-corrected chi connectivity index (χ4v) is 3.62. The van der Waals surface area contributed by atoms with E-state index in [1.807, 2.05) is 30.3 Å². The Hall–Kier alpha value is -3.75. The molecule has 2 N–H and O–H groups in total. The summed E-state index contributed by atoms with van der Waals surface area (Å²) in [5.41, 5.74) is 1.95. The van der Waals surface area contributed by atoms with Gasteiger partial charge in [-0.3, -0.25) is 19.5 Å². The first-order valence-electron chi connectivity index (χ1n) is 9.76. The van der Waals surface area contributed by atoms with Crippen molar-refractivity contribution in [1.82, 2.24) is 25.3 Å². The zero-order chi connectivity index (χ0) is 21.1. The lowest BCUT2D eigenvalue weighted by atomic mass is 9.93. The monoisotopic (exact) mass is 406 g/mol. The van der Waals surface area contributed by atoms with Crippen LogP contribution in [-0.4, -0.2) is 57.2 Å². The van der Waals surface area contributed by atoms with Crippen LogP contribution in [0.25, 0.3) is 0 Å². The molecule has 1 aliphatic heterocycles. The lowest BCUT2D eigenvalue weighted by Gasteiger charge is -2.31. The van der Waals surface area contributed by atoms with Crippen molar-refractivity contribution in [1.29, 1.82) is 0 Å². The molecule has 0 bridgehead atoms. The molecule has 2 aromatic heterocycles. The van der Waals surface area contributed by atoms with E-state index in [9.17, 15) is 14.4 Å². The van der Waals surface area contributed by atoms with Crippen molar-refractivity contribution in [2.75, 3.05) is 25.0 Å². The van der Waals surface area contributed by atoms with E-state index in [2.05, 4.69) is 20.4 Å². The van der Waals surface area contributed by atoms with E-state index in [0.717, 1.165) is 24.2 Å². The van der Waals surface area contributed by atoms with Crippen molar-refractivity contribution in [2.45, 2.75) is 18.8 Å². The van der Waals surface area contributed by atoms with Crippen LogP contribution in [0.3, 0.4) is 0 Å². The minimum absolute atomic E-state index is 0.180. The molecule has 1 saturated heterocycles. The molecule has 4 rings (SSSR count). The second-order valence-electron chi connectivity index (χ2n) is 7.28.